The molecule has 0 atom stereocenters. The van der Waals surface area contributed by atoms with Gasteiger partial charge in [-0.1, -0.05) is 151 Å². The maximum absolute atomic E-state index is 13.9. The number of esters is 2. The summed E-state index contributed by atoms with van der Waals surface area (Å²) in [5.41, 5.74) is 6.58. The van der Waals surface area contributed by atoms with Crippen molar-refractivity contribution in [2.24, 2.45) is 21.8 Å². The van der Waals surface area contributed by atoms with Crippen LogP contribution >= 0.6 is 23.2 Å². The molecule has 496 valence electrons. The van der Waals surface area contributed by atoms with E-state index in [1.807, 2.05) is 24.3 Å². The Kier molecular flexibility index (Phi) is 24.3. The summed E-state index contributed by atoms with van der Waals surface area (Å²) in [4.78, 5) is 37.7. The molecule has 14 heteroatoms. The number of hydrogen-bond acceptors (Lipinski definition) is 12. The molecule has 2 aliphatic carbocycles. The minimum absolute atomic E-state index is 0.0784. The van der Waals surface area contributed by atoms with Gasteiger partial charge < -0.3 is 37.9 Å². The fraction of sp³-hybridized carbons (Fsp3) is 0.450. The number of hydrogen-bond donors (Lipinski definition) is 0. The first-order chi connectivity index (χ1) is 46.0. The number of halogens is 2. The van der Waals surface area contributed by atoms with Gasteiger partial charge in [-0.15, -0.1) is 0 Å². The van der Waals surface area contributed by atoms with Gasteiger partial charge in [0.25, 0.3) is 0 Å². The summed E-state index contributed by atoms with van der Waals surface area (Å²) >= 11 is 14.5. The maximum Gasteiger partial charge on any atom is 0.343 e. The summed E-state index contributed by atoms with van der Waals surface area (Å²) in [7, 11) is 0. The topological polar surface area (TPSA) is 133 Å². The average molecular weight is 1310 g/mol. The van der Waals surface area contributed by atoms with Crippen LogP contribution in [0.2, 0.25) is 10.0 Å². The van der Waals surface area contributed by atoms with Crippen molar-refractivity contribution in [3.8, 4) is 57.5 Å². The number of ether oxygens (including phenoxy) is 8. The number of carbonyl (C=O) groups is 2. The molecule has 0 spiro atoms. The summed E-state index contributed by atoms with van der Waals surface area (Å²) in [5.74, 6) is 5.19. The van der Waals surface area contributed by atoms with Gasteiger partial charge in [-0.25, -0.2) is 19.6 Å². The molecule has 0 amide bonds. The van der Waals surface area contributed by atoms with E-state index in [4.69, 9.17) is 71.1 Å². The number of aryl methyl sites for hydroxylation is 2. The van der Waals surface area contributed by atoms with E-state index in [0.717, 1.165) is 85.8 Å². The van der Waals surface area contributed by atoms with Gasteiger partial charge in [-0.2, -0.15) is 0 Å². The van der Waals surface area contributed by atoms with Crippen molar-refractivity contribution in [2.75, 3.05) is 26.4 Å². The Labute approximate surface area is 565 Å². The second-order valence-corrected chi connectivity index (χ2v) is 26.7. The SMILES string of the molecule is CCCCc1ccc(C(=O)Oc2cc3c(cc2OCCCCOc2ccc(C4CCC(CCCC)CC4)cc2)N=c2c(Cl)c4c(c(Cl)c2O3)=Nc2cc(OCCCCOc3ccc(C5CCC(CCCC)CC5)cc3)c(OC(=O)c3ccc(CCCC)cc3)cc2O4)cc1. The lowest BCUT2D eigenvalue weighted by Gasteiger charge is -2.28. The number of fused-ring (bicyclic) bond motifs is 4. The fourth-order valence-corrected chi connectivity index (χ4v) is 13.8. The van der Waals surface area contributed by atoms with Gasteiger partial charge in [0.1, 0.15) is 43.6 Å². The Balaban J connectivity index is 0.785. The van der Waals surface area contributed by atoms with Crippen LogP contribution in [0.5, 0.6) is 57.5 Å². The van der Waals surface area contributed by atoms with Crippen LogP contribution in [0.1, 0.15) is 224 Å². The average Bonchev–Trinajstić information content (AvgIpc) is 0.738. The molecule has 7 aromatic carbocycles. The molecular formula is C80H92Cl2N2O10. The number of benzene rings is 7. The van der Waals surface area contributed by atoms with Gasteiger partial charge in [0, 0.05) is 24.3 Å². The van der Waals surface area contributed by atoms with E-state index < -0.39 is 11.9 Å². The largest absolute Gasteiger partial charge is 0.494 e. The fourth-order valence-electron chi connectivity index (χ4n) is 13.3. The first-order valence-corrected chi connectivity index (χ1v) is 35.8. The van der Waals surface area contributed by atoms with E-state index in [-0.39, 0.29) is 66.8 Å². The smallest absolute Gasteiger partial charge is 0.343 e. The Morgan fingerprint density at radius 1 is 0.426 bits per heavy atom. The van der Waals surface area contributed by atoms with E-state index in [2.05, 4.69) is 76.2 Å². The molecule has 11 rings (SSSR count). The van der Waals surface area contributed by atoms with E-state index >= 15 is 0 Å². The summed E-state index contributed by atoms with van der Waals surface area (Å²) in [5, 5.41) is 0.547. The second-order valence-electron chi connectivity index (χ2n) is 26.0. The first kappa shape index (κ1) is 67.9. The van der Waals surface area contributed by atoms with Crippen molar-refractivity contribution >= 4 is 46.5 Å². The lowest BCUT2D eigenvalue weighted by Crippen LogP contribution is -2.22. The molecule has 2 heterocycles. The summed E-state index contributed by atoms with van der Waals surface area (Å²) < 4.78 is 50.6. The molecule has 0 radical (unpaired) electrons. The Morgan fingerprint density at radius 2 is 0.787 bits per heavy atom. The maximum atomic E-state index is 13.9. The second kappa shape index (κ2) is 33.7. The molecule has 2 aliphatic heterocycles. The van der Waals surface area contributed by atoms with E-state index in [1.165, 1.54) is 101 Å². The molecule has 2 saturated carbocycles. The third-order valence-corrected chi connectivity index (χ3v) is 19.8. The van der Waals surface area contributed by atoms with Crippen molar-refractivity contribution in [3.63, 3.8) is 0 Å². The van der Waals surface area contributed by atoms with Crippen LogP contribution in [0, 0.1) is 11.8 Å². The molecule has 0 unspecified atom stereocenters. The predicted molar refractivity (Wildman–Crippen MR) is 373 cm³/mol. The lowest BCUT2D eigenvalue weighted by molar-refractivity contribution is 0.0718. The van der Waals surface area contributed by atoms with Crippen LogP contribution in [-0.2, 0) is 12.8 Å². The van der Waals surface area contributed by atoms with Gasteiger partial charge in [0.2, 0.25) is 0 Å². The Hall–Kier alpha value is -7.54. The zero-order valence-corrected chi connectivity index (χ0v) is 56.9. The zero-order valence-electron chi connectivity index (χ0n) is 55.4. The molecule has 94 heavy (non-hydrogen) atoms. The van der Waals surface area contributed by atoms with E-state index in [9.17, 15) is 9.59 Å². The molecular weight excluding hydrogens is 1220 g/mol. The normalized spacial score (nSPS) is 16.9. The quantitative estimate of drug-likeness (QED) is 0.0228. The lowest BCUT2D eigenvalue weighted by atomic mass is 9.77. The first-order valence-electron chi connectivity index (χ1n) is 35.1. The number of unbranched alkanes of at least 4 members (excludes halogenated alkanes) is 6. The van der Waals surface area contributed by atoms with Crippen molar-refractivity contribution in [1.82, 2.24) is 0 Å². The summed E-state index contributed by atoms with van der Waals surface area (Å²) in [6, 6.07) is 38.7. The number of nitrogens with zero attached hydrogens (tertiary/aromatic N) is 2. The highest BCUT2D eigenvalue weighted by Gasteiger charge is 2.31. The molecule has 0 N–H and O–H groups in total. The van der Waals surface area contributed by atoms with Gasteiger partial charge in [0.15, 0.2) is 46.0 Å². The standard InChI is InChI=1S/C80H92Cl2N2O10/c1-5-9-17-53-21-29-57(30-22-53)59-37-41-63(42-38-59)87-45-13-15-47-89-69-49-65-67(51-71(69)93-79(85)61-33-25-55(26-34-61)19-11-7-3)91-77-74(82)76-78(73(81)75(77)83-65)92-68-52-72(94-80(86)62-35-27-56(28-36-62)20-12-8-4)70(50-66(68)84-76)90-48-16-14-46-88-64-43-39-60(40-44-64)58-31-23-54(24-32-58)18-10-6-2/h25-28,33-44,49-54,57-58H,5-24,29-32,45-48H2,1-4H3. The third kappa shape index (κ3) is 17.7. The summed E-state index contributed by atoms with van der Waals surface area (Å²) in [6.07, 6.45) is 27.1. The van der Waals surface area contributed by atoms with E-state index in [0.29, 0.717) is 73.6 Å². The van der Waals surface area contributed by atoms with Gasteiger partial charge in [0.05, 0.1) is 37.6 Å². The zero-order chi connectivity index (χ0) is 65.2. The highest BCUT2D eigenvalue weighted by atomic mass is 35.5. The van der Waals surface area contributed by atoms with Crippen LogP contribution in [0.4, 0.5) is 11.4 Å². The molecule has 12 nitrogen and oxygen atoms in total. The van der Waals surface area contributed by atoms with Crippen molar-refractivity contribution in [2.45, 2.75) is 194 Å². The van der Waals surface area contributed by atoms with Crippen LogP contribution in [0.3, 0.4) is 0 Å². The van der Waals surface area contributed by atoms with Crippen LogP contribution < -0.4 is 48.6 Å². The van der Waals surface area contributed by atoms with Crippen molar-refractivity contribution < 1.29 is 47.5 Å². The van der Waals surface area contributed by atoms with Crippen LogP contribution in [0.15, 0.2) is 131 Å². The van der Waals surface area contributed by atoms with Crippen LogP contribution in [-0.4, -0.2) is 38.4 Å². The third-order valence-electron chi connectivity index (χ3n) is 19.1. The predicted octanol–water partition coefficient (Wildman–Crippen LogP) is 21.6. The minimum Gasteiger partial charge on any atom is -0.494 e. The van der Waals surface area contributed by atoms with Gasteiger partial charge in [-0.05, 0) is 197 Å². The molecule has 0 bridgehead atoms. The monoisotopic (exact) mass is 1310 g/mol. The summed E-state index contributed by atoms with van der Waals surface area (Å²) in [6.45, 7) is 10.5. The molecule has 4 aliphatic rings. The van der Waals surface area contributed by atoms with Crippen molar-refractivity contribution in [1.29, 1.82) is 0 Å². The highest BCUT2D eigenvalue weighted by molar-refractivity contribution is 6.35. The molecule has 0 saturated heterocycles. The Morgan fingerprint density at radius 3 is 1.15 bits per heavy atom. The number of rotatable bonds is 32. The van der Waals surface area contributed by atoms with Crippen LogP contribution in [0.25, 0.3) is 0 Å². The van der Waals surface area contributed by atoms with E-state index in [1.54, 1.807) is 48.5 Å². The molecule has 7 aromatic rings. The Bertz CT molecular complexity index is 3540. The highest BCUT2D eigenvalue weighted by Crippen LogP contribution is 2.49. The van der Waals surface area contributed by atoms with Gasteiger partial charge in [-0.3, -0.25) is 0 Å². The van der Waals surface area contributed by atoms with Gasteiger partial charge >= 0.3 is 11.9 Å². The van der Waals surface area contributed by atoms with Crippen molar-refractivity contribution in [3.05, 3.63) is 175 Å². The molecule has 2 fully saturated rings. The number of carbonyl (C=O) groups excluding carboxylic acids is 2. The molecule has 0 aromatic heterocycles. The minimum atomic E-state index is -0.559.